The van der Waals surface area contributed by atoms with Crippen LogP contribution in [0.3, 0.4) is 0 Å². The summed E-state index contributed by atoms with van der Waals surface area (Å²) in [5.74, 6) is 3.30. The van der Waals surface area contributed by atoms with Gasteiger partial charge < -0.3 is 4.42 Å². The van der Waals surface area contributed by atoms with Crippen LogP contribution in [0.4, 0.5) is 0 Å². The lowest BCUT2D eigenvalue weighted by Gasteiger charge is -2.09. The van der Waals surface area contributed by atoms with Crippen LogP contribution in [0.5, 0.6) is 0 Å². The van der Waals surface area contributed by atoms with Gasteiger partial charge in [0.05, 0.1) is 0 Å². The Morgan fingerprint density at radius 1 is 0.923 bits per heavy atom. The van der Waals surface area contributed by atoms with Crippen molar-refractivity contribution in [1.29, 1.82) is 0 Å². The molecule has 1 aromatic heterocycles. The Kier molecular flexibility index (Phi) is 2.84. The molecule has 74 valence electrons. The standard InChI is InChI=1S/C12H20O/c1-7(2)11-9(5)10(6)13-12(11)8(3)4/h7-8H,1-6H3. The summed E-state index contributed by atoms with van der Waals surface area (Å²) in [6.07, 6.45) is 0. The molecule has 0 amide bonds. The lowest BCUT2D eigenvalue weighted by molar-refractivity contribution is 0.456. The zero-order valence-corrected chi connectivity index (χ0v) is 9.56. The van der Waals surface area contributed by atoms with E-state index < -0.39 is 0 Å². The topological polar surface area (TPSA) is 13.1 Å². The van der Waals surface area contributed by atoms with Gasteiger partial charge >= 0.3 is 0 Å². The van der Waals surface area contributed by atoms with Gasteiger partial charge in [0.25, 0.3) is 0 Å². The summed E-state index contributed by atoms with van der Waals surface area (Å²) in [5.41, 5.74) is 2.74. The lowest BCUT2D eigenvalue weighted by atomic mass is 9.94. The first kappa shape index (κ1) is 10.4. The number of hydrogen-bond donors (Lipinski definition) is 0. The monoisotopic (exact) mass is 180 g/mol. The van der Waals surface area contributed by atoms with Gasteiger partial charge in [-0.1, -0.05) is 27.7 Å². The minimum absolute atomic E-state index is 0.491. The largest absolute Gasteiger partial charge is 0.466 e. The molecule has 0 unspecified atom stereocenters. The summed E-state index contributed by atoms with van der Waals surface area (Å²) < 4.78 is 5.77. The zero-order valence-electron chi connectivity index (χ0n) is 9.56. The highest BCUT2D eigenvalue weighted by molar-refractivity contribution is 5.35. The average Bonchev–Trinajstić information content (AvgIpc) is 2.28. The Morgan fingerprint density at radius 3 is 1.77 bits per heavy atom. The lowest BCUT2D eigenvalue weighted by Crippen LogP contribution is -1.95. The molecular weight excluding hydrogens is 160 g/mol. The van der Waals surface area contributed by atoms with Crippen LogP contribution in [0, 0.1) is 13.8 Å². The summed E-state index contributed by atoms with van der Waals surface area (Å²) in [4.78, 5) is 0. The van der Waals surface area contributed by atoms with Gasteiger partial charge in [-0.05, 0) is 30.9 Å². The fraction of sp³-hybridized carbons (Fsp3) is 0.667. The van der Waals surface area contributed by atoms with E-state index in [-0.39, 0.29) is 0 Å². The summed E-state index contributed by atoms with van der Waals surface area (Å²) in [7, 11) is 0. The minimum Gasteiger partial charge on any atom is -0.466 e. The van der Waals surface area contributed by atoms with Crippen LogP contribution in [0.25, 0.3) is 0 Å². The van der Waals surface area contributed by atoms with Gasteiger partial charge in [-0.3, -0.25) is 0 Å². The first-order valence-corrected chi connectivity index (χ1v) is 5.04. The molecule has 1 heteroatoms. The van der Waals surface area contributed by atoms with Crippen LogP contribution >= 0.6 is 0 Å². The van der Waals surface area contributed by atoms with Crippen LogP contribution in [-0.4, -0.2) is 0 Å². The number of rotatable bonds is 2. The Hall–Kier alpha value is -0.720. The molecule has 1 rings (SSSR count). The predicted molar refractivity (Wildman–Crippen MR) is 56.4 cm³/mol. The highest BCUT2D eigenvalue weighted by Gasteiger charge is 2.18. The van der Waals surface area contributed by atoms with Gasteiger partial charge in [-0.25, -0.2) is 0 Å². The maximum absolute atomic E-state index is 5.77. The van der Waals surface area contributed by atoms with Crippen molar-refractivity contribution in [2.45, 2.75) is 53.4 Å². The van der Waals surface area contributed by atoms with E-state index in [9.17, 15) is 0 Å². The molecule has 1 nitrogen and oxygen atoms in total. The Labute approximate surface area is 81.1 Å². The Bertz CT molecular complexity index is 292. The third-order valence-corrected chi connectivity index (χ3v) is 2.56. The van der Waals surface area contributed by atoms with Crippen molar-refractivity contribution in [3.8, 4) is 0 Å². The number of hydrogen-bond acceptors (Lipinski definition) is 1. The third kappa shape index (κ3) is 1.79. The molecule has 0 aliphatic carbocycles. The maximum Gasteiger partial charge on any atom is 0.110 e. The molecule has 0 atom stereocenters. The normalized spacial score (nSPS) is 11.7. The fourth-order valence-corrected chi connectivity index (χ4v) is 1.82. The average molecular weight is 180 g/mol. The fourth-order valence-electron chi connectivity index (χ4n) is 1.82. The van der Waals surface area contributed by atoms with Crippen molar-refractivity contribution in [2.75, 3.05) is 0 Å². The molecule has 1 heterocycles. The van der Waals surface area contributed by atoms with Crippen molar-refractivity contribution in [1.82, 2.24) is 0 Å². The van der Waals surface area contributed by atoms with Crippen molar-refractivity contribution in [3.05, 3.63) is 22.6 Å². The van der Waals surface area contributed by atoms with E-state index in [1.807, 2.05) is 6.92 Å². The van der Waals surface area contributed by atoms with Gasteiger partial charge in [-0.2, -0.15) is 0 Å². The SMILES string of the molecule is Cc1oc(C(C)C)c(C(C)C)c1C. The first-order chi connectivity index (χ1) is 5.95. The Morgan fingerprint density at radius 2 is 1.46 bits per heavy atom. The molecule has 0 saturated carbocycles. The van der Waals surface area contributed by atoms with Gasteiger partial charge in [0.2, 0.25) is 0 Å². The van der Waals surface area contributed by atoms with Crippen LogP contribution in [0.1, 0.15) is 62.2 Å². The molecular formula is C12H20O. The molecule has 0 fully saturated rings. The van der Waals surface area contributed by atoms with Gasteiger partial charge in [-0.15, -0.1) is 0 Å². The smallest absolute Gasteiger partial charge is 0.110 e. The van der Waals surface area contributed by atoms with E-state index in [0.29, 0.717) is 11.8 Å². The highest BCUT2D eigenvalue weighted by atomic mass is 16.3. The quantitative estimate of drug-likeness (QED) is 0.666. The predicted octanol–water partition coefficient (Wildman–Crippen LogP) is 4.14. The van der Waals surface area contributed by atoms with Crippen LogP contribution in [0.2, 0.25) is 0 Å². The minimum atomic E-state index is 0.491. The van der Waals surface area contributed by atoms with Gasteiger partial charge in [0, 0.05) is 5.92 Å². The second kappa shape index (κ2) is 3.57. The van der Waals surface area contributed by atoms with Crippen molar-refractivity contribution in [2.24, 2.45) is 0 Å². The molecule has 0 aliphatic rings. The molecule has 0 bridgehead atoms. The van der Waals surface area contributed by atoms with Crippen LogP contribution < -0.4 is 0 Å². The first-order valence-electron chi connectivity index (χ1n) is 5.04. The summed E-state index contributed by atoms with van der Waals surface area (Å²) in [5, 5.41) is 0. The molecule has 0 spiro atoms. The molecule has 0 N–H and O–H groups in total. The van der Waals surface area contributed by atoms with E-state index in [4.69, 9.17) is 4.42 Å². The summed E-state index contributed by atoms with van der Waals surface area (Å²) >= 11 is 0. The van der Waals surface area contributed by atoms with Gasteiger partial charge in [0.15, 0.2) is 0 Å². The van der Waals surface area contributed by atoms with Crippen LogP contribution in [0.15, 0.2) is 4.42 Å². The van der Waals surface area contributed by atoms with Crippen LogP contribution in [-0.2, 0) is 0 Å². The van der Waals surface area contributed by atoms with Crippen molar-refractivity contribution < 1.29 is 4.42 Å². The molecule has 0 radical (unpaired) electrons. The highest BCUT2D eigenvalue weighted by Crippen LogP contribution is 2.32. The van der Waals surface area contributed by atoms with E-state index >= 15 is 0 Å². The summed E-state index contributed by atoms with van der Waals surface area (Å²) in [6, 6.07) is 0. The molecule has 0 aromatic carbocycles. The van der Waals surface area contributed by atoms with E-state index in [0.717, 1.165) is 5.76 Å². The molecule has 0 aliphatic heterocycles. The van der Waals surface area contributed by atoms with E-state index in [1.165, 1.54) is 16.9 Å². The van der Waals surface area contributed by atoms with Gasteiger partial charge in [0.1, 0.15) is 11.5 Å². The molecule has 1 aromatic rings. The van der Waals surface area contributed by atoms with E-state index in [2.05, 4.69) is 34.6 Å². The Balaban J connectivity index is 3.27. The second-order valence-electron chi connectivity index (χ2n) is 4.37. The number of aryl methyl sites for hydroxylation is 1. The number of furan rings is 1. The molecule has 0 saturated heterocycles. The second-order valence-corrected chi connectivity index (χ2v) is 4.37. The molecule has 13 heavy (non-hydrogen) atoms. The van der Waals surface area contributed by atoms with Crippen molar-refractivity contribution in [3.63, 3.8) is 0 Å². The zero-order chi connectivity index (χ0) is 10.2. The summed E-state index contributed by atoms with van der Waals surface area (Å²) in [6.45, 7) is 13.0. The van der Waals surface area contributed by atoms with Crippen molar-refractivity contribution >= 4 is 0 Å². The van der Waals surface area contributed by atoms with E-state index in [1.54, 1.807) is 0 Å². The third-order valence-electron chi connectivity index (χ3n) is 2.56. The maximum atomic E-state index is 5.77.